The highest BCUT2D eigenvalue weighted by Gasteiger charge is 2.14. The Morgan fingerprint density at radius 2 is 2.21 bits per heavy atom. The van der Waals surface area contributed by atoms with Gasteiger partial charge in [0, 0.05) is 13.8 Å². The molecule has 0 saturated carbocycles. The Hall–Kier alpha value is -2.79. The fourth-order valence-electron chi connectivity index (χ4n) is 1.82. The van der Waals surface area contributed by atoms with Crippen molar-refractivity contribution in [3.8, 4) is 0 Å². The van der Waals surface area contributed by atoms with E-state index in [2.05, 4.69) is 20.3 Å². The van der Waals surface area contributed by atoms with Gasteiger partial charge in [-0.3, -0.25) is 29.3 Å². The molecule has 0 fully saturated rings. The summed E-state index contributed by atoms with van der Waals surface area (Å²) >= 11 is 0. The summed E-state index contributed by atoms with van der Waals surface area (Å²) in [5.41, 5.74) is -0.235. The van der Waals surface area contributed by atoms with E-state index in [0.717, 1.165) is 0 Å². The topological polar surface area (TPSA) is 148 Å². The van der Waals surface area contributed by atoms with Crippen LogP contribution >= 0.6 is 0 Å². The monoisotopic (exact) mass is 339 g/mol. The van der Waals surface area contributed by atoms with Crippen LogP contribution in [0.3, 0.4) is 0 Å². The minimum atomic E-state index is -0.733. The zero-order valence-electron chi connectivity index (χ0n) is 13.1. The molecule has 130 valence electrons. The number of aliphatic hydroxyl groups excluding tert-OH is 1. The largest absolute Gasteiger partial charge is 0.463 e. The summed E-state index contributed by atoms with van der Waals surface area (Å²) in [4.78, 5) is 44.2. The number of aliphatic hydroxyl groups is 1. The number of hydrogen-bond donors (Lipinski definition) is 3. The Kier molecular flexibility index (Phi) is 5.60. The third kappa shape index (κ3) is 4.36. The average Bonchev–Trinajstić information content (AvgIpc) is 2.90. The normalized spacial score (nSPS) is 12.1. The van der Waals surface area contributed by atoms with E-state index < -0.39 is 17.6 Å². The summed E-state index contributed by atoms with van der Waals surface area (Å²) in [5.74, 6) is -0.889. The van der Waals surface area contributed by atoms with Gasteiger partial charge in [-0.15, -0.1) is 0 Å². The van der Waals surface area contributed by atoms with Gasteiger partial charge in [0.15, 0.2) is 11.2 Å². The lowest BCUT2D eigenvalue weighted by molar-refractivity contribution is -0.147. The smallest absolute Gasteiger partial charge is 0.302 e. The van der Waals surface area contributed by atoms with Gasteiger partial charge in [-0.1, -0.05) is 0 Å². The first-order valence-electron chi connectivity index (χ1n) is 6.99. The Morgan fingerprint density at radius 1 is 1.46 bits per heavy atom. The quantitative estimate of drug-likeness (QED) is 0.543. The number of fused-ring (bicyclic) bond motifs is 1. The molecule has 1 unspecified atom stereocenters. The molecule has 0 aliphatic carbocycles. The molecule has 11 heteroatoms. The number of carbonyl (C=O) groups excluding carboxylic acids is 2. The summed E-state index contributed by atoms with van der Waals surface area (Å²) < 4.78 is 11.6. The first kappa shape index (κ1) is 17.6. The Bertz CT molecular complexity index is 798. The van der Waals surface area contributed by atoms with Crippen LogP contribution in [0.4, 0.5) is 5.95 Å². The second-order valence-corrected chi connectivity index (χ2v) is 4.89. The van der Waals surface area contributed by atoms with Crippen LogP contribution in [-0.2, 0) is 25.8 Å². The van der Waals surface area contributed by atoms with E-state index in [1.165, 1.54) is 24.7 Å². The minimum Gasteiger partial charge on any atom is -0.463 e. The predicted molar refractivity (Wildman–Crippen MR) is 81.0 cm³/mol. The molecule has 2 aromatic heterocycles. The molecule has 0 saturated heterocycles. The molecule has 24 heavy (non-hydrogen) atoms. The van der Waals surface area contributed by atoms with E-state index in [1.807, 2.05) is 0 Å². The summed E-state index contributed by atoms with van der Waals surface area (Å²) in [6.45, 7) is 1.98. The van der Waals surface area contributed by atoms with Crippen LogP contribution in [0.25, 0.3) is 11.2 Å². The van der Waals surface area contributed by atoms with E-state index in [4.69, 9.17) is 9.47 Å². The van der Waals surface area contributed by atoms with Gasteiger partial charge in [0.2, 0.25) is 11.9 Å². The highest BCUT2D eigenvalue weighted by atomic mass is 16.6. The second-order valence-electron chi connectivity index (χ2n) is 4.89. The fraction of sp³-hybridized carbons (Fsp3) is 0.462. The summed E-state index contributed by atoms with van der Waals surface area (Å²) in [7, 11) is 0. The molecule has 3 N–H and O–H groups in total. The average molecular weight is 339 g/mol. The minimum absolute atomic E-state index is 0.0135. The summed E-state index contributed by atoms with van der Waals surface area (Å²) in [6.07, 6.45) is 0.605. The van der Waals surface area contributed by atoms with Crippen molar-refractivity contribution in [2.24, 2.45) is 0 Å². The van der Waals surface area contributed by atoms with Crippen molar-refractivity contribution in [3.63, 3.8) is 0 Å². The molecular formula is C13H17N5O6. The summed E-state index contributed by atoms with van der Waals surface area (Å²) in [6, 6.07) is 0. The lowest BCUT2D eigenvalue weighted by Crippen LogP contribution is -2.26. The fourth-order valence-corrected chi connectivity index (χ4v) is 1.82. The van der Waals surface area contributed by atoms with Gasteiger partial charge in [0.1, 0.15) is 19.4 Å². The van der Waals surface area contributed by atoms with Crippen LogP contribution in [0.2, 0.25) is 0 Å². The molecule has 0 spiro atoms. The lowest BCUT2D eigenvalue weighted by Gasteiger charge is -2.15. The van der Waals surface area contributed by atoms with E-state index in [-0.39, 0.29) is 43.0 Å². The van der Waals surface area contributed by atoms with Crippen molar-refractivity contribution in [1.82, 2.24) is 19.5 Å². The van der Waals surface area contributed by atoms with E-state index in [0.29, 0.717) is 0 Å². The van der Waals surface area contributed by atoms with E-state index >= 15 is 0 Å². The first-order valence-corrected chi connectivity index (χ1v) is 6.99. The van der Waals surface area contributed by atoms with Crippen LogP contribution in [-0.4, -0.2) is 55.8 Å². The maximum absolute atomic E-state index is 11.9. The summed E-state index contributed by atoms with van der Waals surface area (Å²) in [5, 5.41) is 11.6. The van der Waals surface area contributed by atoms with Crippen LogP contribution in [0, 0.1) is 0 Å². The number of rotatable bonds is 7. The first-order chi connectivity index (χ1) is 11.4. The van der Waals surface area contributed by atoms with Crippen molar-refractivity contribution in [2.75, 3.05) is 18.5 Å². The maximum Gasteiger partial charge on any atom is 0.302 e. The number of carbonyl (C=O) groups is 2. The molecule has 1 atom stereocenters. The van der Waals surface area contributed by atoms with E-state index in [1.54, 1.807) is 0 Å². The molecule has 1 amide bonds. The highest BCUT2D eigenvalue weighted by Crippen LogP contribution is 2.09. The molecule has 2 heterocycles. The van der Waals surface area contributed by atoms with Crippen molar-refractivity contribution >= 4 is 29.0 Å². The number of H-pyrrole nitrogens is 1. The molecule has 2 rings (SSSR count). The van der Waals surface area contributed by atoms with Crippen molar-refractivity contribution in [2.45, 2.75) is 26.7 Å². The zero-order valence-corrected chi connectivity index (χ0v) is 13.1. The van der Waals surface area contributed by atoms with Gasteiger partial charge in [0.05, 0.1) is 12.9 Å². The molecule has 11 nitrogen and oxygen atoms in total. The third-order valence-corrected chi connectivity index (χ3v) is 2.89. The SMILES string of the molecule is CC(=O)Nc1nc2c(ncn2COC(CO)COC(C)=O)c(=O)[nH]1. The second kappa shape index (κ2) is 7.66. The molecular weight excluding hydrogens is 322 g/mol. The number of nitrogens with one attached hydrogen (secondary N) is 2. The van der Waals surface area contributed by atoms with Crippen LogP contribution in [0.1, 0.15) is 13.8 Å². The van der Waals surface area contributed by atoms with Crippen LogP contribution in [0.5, 0.6) is 0 Å². The predicted octanol–water partition coefficient (Wildman–Crippen LogP) is -1.02. The highest BCUT2D eigenvalue weighted by molar-refractivity contribution is 5.87. The van der Waals surface area contributed by atoms with Gasteiger partial charge in [-0.25, -0.2) is 4.98 Å². The van der Waals surface area contributed by atoms with Crippen LogP contribution in [0.15, 0.2) is 11.1 Å². The Balaban J connectivity index is 2.16. The number of aromatic nitrogens is 4. The van der Waals surface area contributed by atoms with Gasteiger partial charge < -0.3 is 14.6 Å². The molecule has 2 aromatic rings. The standard InChI is InChI=1S/C13H17N5O6/c1-7(20)15-13-16-11-10(12(22)17-13)14-5-18(11)6-24-9(3-19)4-23-8(2)21/h5,9,19H,3-4,6H2,1-2H3,(H2,15,16,17,20,22). The zero-order chi connectivity index (χ0) is 17.7. The van der Waals surface area contributed by atoms with E-state index in [9.17, 15) is 19.5 Å². The number of anilines is 1. The Morgan fingerprint density at radius 3 is 2.83 bits per heavy atom. The number of amides is 1. The van der Waals surface area contributed by atoms with Gasteiger partial charge in [0.25, 0.3) is 5.56 Å². The molecule has 0 radical (unpaired) electrons. The number of imidazole rings is 1. The van der Waals surface area contributed by atoms with Crippen molar-refractivity contribution in [1.29, 1.82) is 0 Å². The van der Waals surface area contributed by atoms with Gasteiger partial charge in [-0.05, 0) is 0 Å². The van der Waals surface area contributed by atoms with Gasteiger partial charge in [-0.2, -0.15) is 4.98 Å². The van der Waals surface area contributed by atoms with Crippen molar-refractivity contribution < 1.29 is 24.2 Å². The lowest BCUT2D eigenvalue weighted by atomic mass is 10.4. The molecule has 0 bridgehead atoms. The van der Waals surface area contributed by atoms with Crippen LogP contribution < -0.4 is 10.9 Å². The van der Waals surface area contributed by atoms with Gasteiger partial charge >= 0.3 is 5.97 Å². The molecule has 0 aromatic carbocycles. The number of hydrogen-bond acceptors (Lipinski definition) is 8. The number of esters is 1. The number of ether oxygens (including phenoxy) is 2. The Labute approximate surface area is 135 Å². The third-order valence-electron chi connectivity index (χ3n) is 2.89. The molecule has 0 aliphatic rings. The van der Waals surface area contributed by atoms with Crippen molar-refractivity contribution in [3.05, 3.63) is 16.7 Å². The number of nitrogens with zero attached hydrogens (tertiary/aromatic N) is 3. The number of aromatic amines is 1. The maximum atomic E-state index is 11.9. The molecule has 0 aliphatic heterocycles.